The van der Waals surface area contributed by atoms with Crippen LogP contribution in [-0.4, -0.2) is 31.2 Å². The van der Waals surface area contributed by atoms with Gasteiger partial charge in [-0.15, -0.1) is 0 Å². The molecule has 0 radical (unpaired) electrons. The van der Waals surface area contributed by atoms with Crippen LogP contribution in [0.5, 0.6) is 0 Å². The number of likely N-dealkylation sites (tertiary alicyclic amines) is 1. The van der Waals surface area contributed by atoms with E-state index in [1.54, 1.807) is 6.07 Å². The van der Waals surface area contributed by atoms with Gasteiger partial charge in [-0.2, -0.15) is 0 Å². The van der Waals surface area contributed by atoms with Gasteiger partial charge in [-0.3, -0.25) is 4.90 Å². The maximum absolute atomic E-state index is 13.0. The molecular formula is C15H21ClFNO. The van der Waals surface area contributed by atoms with Gasteiger partial charge in [0.05, 0.1) is 6.61 Å². The van der Waals surface area contributed by atoms with Crippen molar-refractivity contribution in [2.75, 3.05) is 26.3 Å². The molecule has 19 heavy (non-hydrogen) atoms. The van der Waals surface area contributed by atoms with Gasteiger partial charge in [0.2, 0.25) is 0 Å². The first-order chi connectivity index (χ1) is 9.19. The lowest BCUT2D eigenvalue weighted by Gasteiger charge is -2.17. The van der Waals surface area contributed by atoms with Crippen LogP contribution in [0.2, 0.25) is 5.02 Å². The average Bonchev–Trinajstić information content (AvgIpc) is 2.81. The van der Waals surface area contributed by atoms with E-state index in [9.17, 15) is 4.39 Å². The highest BCUT2D eigenvalue weighted by atomic mass is 35.5. The second-order valence-corrected chi connectivity index (χ2v) is 5.61. The summed E-state index contributed by atoms with van der Waals surface area (Å²) in [6.07, 6.45) is 2.24. The van der Waals surface area contributed by atoms with Crippen LogP contribution in [0.3, 0.4) is 0 Å². The third-order valence-corrected chi connectivity index (χ3v) is 3.83. The Balaban J connectivity index is 1.81. The van der Waals surface area contributed by atoms with E-state index < -0.39 is 0 Å². The lowest BCUT2D eigenvalue weighted by molar-refractivity contribution is 0.101. The van der Waals surface area contributed by atoms with E-state index in [0.29, 0.717) is 10.9 Å². The van der Waals surface area contributed by atoms with Crippen molar-refractivity contribution in [1.29, 1.82) is 0 Å². The Kier molecular flexibility index (Phi) is 5.61. The highest BCUT2D eigenvalue weighted by Crippen LogP contribution is 2.23. The maximum Gasteiger partial charge on any atom is 0.124 e. The summed E-state index contributed by atoms with van der Waals surface area (Å²) in [7, 11) is 0. The Hall–Kier alpha value is -0.640. The van der Waals surface area contributed by atoms with Crippen LogP contribution in [0, 0.1) is 11.7 Å². The number of ether oxygens (including phenoxy) is 1. The van der Waals surface area contributed by atoms with Gasteiger partial charge < -0.3 is 4.74 Å². The van der Waals surface area contributed by atoms with Crippen molar-refractivity contribution in [1.82, 2.24) is 4.90 Å². The molecule has 0 N–H and O–H groups in total. The van der Waals surface area contributed by atoms with Crippen molar-refractivity contribution in [3.63, 3.8) is 0 Å². The van der Waals surface area contributed by atoms with Gasteiger partial charge in [0, 0.05) is 24.7 Å². The zero-order chi connectivity index (χ0) is 13.7. The van der Waals surface area contributed by atoms with Crippen LogP contribution in [-0.2, 0) is 11.3 Å². The van der Waals surface area contributed by atoms with E-state index in [4.69, 9.17) is 16.3 Å². The molecule has 0 bridgehead atoms. The van der Waals surface area contributed by atoms with Crippen molar-refractivity contribution in [2.24, 2.45) is 5.92 Å². The molecule has 1 aliphatic heterocycles. The lowest BCUT2D eigenvalue weighted by atomic mass is 10.1. The molecule has 0 aliphatic carbocycles. The van der Waals surface area contributed by atoms with Crippen LogP contribution in [0.15, 0.2) is 18.2 Å². The van der Waals surface area contributed by atoms with Gasteiger partial charge in [0.25, 0.3) is 0 Å². The Bertz CT molecular complexity index is 413. The third kappa shape index (κ3) is 4.44. The molecule has 1 aliphatic rings. The maximum atomic E-state index is 13.0. The molecule has 1 fully saturated rings. The molecule has 1 aromatic rings. The summed E-state index contributed by atoms with van der Waals surface area (Å²) < 4.78 is 18.6. The van der Waals surface area contributed by atoms with E-state index in [0.717, 1.165) is 44.8 Å². The van der Waals surface area contributed by atoms with Crippen molar-refractivity contribution in [3.8, 4) is 0 Å². The fraction of sp³-hybridized carbons (Fsp3) is 0.600. The summed E-state index contributed by atoms with van der Waals surface area (Å²) in [4.78, 5) is 2.36. The van der Waals surface area contributed by atoms with Crippen LogP contribution in [0.1, 0.15) is 25.3 Å². The number of hydrogen-bond acceptors (Lipinski definition) is 2. The van der Waals surface area contributed by atoms with E-state index >= 15 is 0 Å². The highest BCUT2D eigenvalue weighted by Gasteiger charge is 2.23. The topological polar surface area (TPSA) is 12.5 Å². The smallest absolute Gasteiger partial charge is 0.124 e. The first-order valence-corrected chi connectivity index (χ1v) is 7.31. The van der Waals surface area contributed by atoms with Gasteiger partial charge in [-0.05, 0) is 43.0 Å². The van der Waals surface area contributed by atoms with Gasteiger partial charge in [-0.25, -0.2) is 4.39 Å². The first-order valence-electron chi connectivity index (χ1n) is 6.93. The summed E-state index contributed by atoms with van der Waals surface area (Å²) >= 11 is 6.06. The molecule has 1 aromatic carbocycles. The number of nitrogens with zero attached hydrogens (tertiary/aromatic N) is 1. The van der Waals surface area contributed by atoms with Gasteiger partial charge in [0.1, 0.15) is 5.82 Å². The van der Waals surface area contributed by atoms with Crippen LogP contribution >= 0.6 is 11.6 Å². The van der Waals surface area contributed by atoms with Gasteiger partial charge >= 0.3 is 0 Å². The van der Waals surface area contributed by atoms with E-state index in [2.05, 4.69) is 11.8 Å². The fourth-order valence-corrected chi connectivity index (χ4v) is 2.70. The molecule has 0 amide bonds. The molecular weight excluding hydrogens is 265 g/mol. The molecule has 1 saturated heterocycles. The standard InChI is InChI=1S/C15H21ClFNO/c1-2-7-19-11-12-5-6-18(9-12)10-13-3-4-14(17)8-15(13)16/h3-4,8,12H,2,5-7,9-11H2,1H3/t12-/m1/s1. The molecule has 0 saturated carbocycles. The van der Waals surface area contributed by atoms with E-state index in [-0.39, 0.29) is 5.82 Å². The minimum absolute atomic E-state index is 0.277. The quantitative estimate of drug-likeness (QED) is 0.739. The zero-order valence-electron chi connectivity index (χ0n) is 11.4. The Labute approximate surface area is 119 Å². The predicted octanol–water partition coefficient (Wildman–Crippen LogP) is 3.73. The number of hydrogen-bond donors (Lipinski definition) is 0. The number of rotatable bonds is 6. The van der Waals surface area contributed by atoms with E-state index in [1.165, 1.54) is 18.6 Å². The average molecular weight is 286 g/mol. The number of benzene rings is 1. The minimum Gasteiger partial charge on any atom is -0.381 e. The molecule has 0 aromatic heterocycles. The summed E-state index contributed by atoms with van der Waals surface area (Å²) in [5.74, 6) is 0.340. The first kappa shape index (κ1) is 14.8. The zero-order valence-corrected chi connectivity index (χ0v) is 12.1. The Morgan fingerprint density at radius 1 is 1.47 bits per heavy atom. The Morgan fingerprint density at radius 2 is 2.32 bits per heavy atom. The molecule has 106 valence electrons. The van der Waals surface area contributed by atoms with Crippen molar-refractivity contribution in [3.05, 3.63) is 34.6 Å². The highest BCUT2D eigenvalue weighted by molar-refractivity contribution is 6.31. The predicted molar refractivity (Wildman–Crippen MR) is 75.9 cm³/mol. The fourth-order valence-electron chi connectivity index (χ4n) is 2.48. The molecule has 2 nitrogen and oxygen atoms in total. The van der Waals surface area contributed by atoms with Crippen molar-refractivity contribution < 1.29 is 9.13 Å². The summed E-state index contributed by atoms with van der Waals surface area (Å²) in [5, 5.41) is 0.519. The van der Waals surface area contributed by atoms with Crippen molar-refractivity contribution >= 4 is 11.6 Å². The lowest BCUT2D eigenvalue weighted by Crippen LogP contribution is -2.21. The molecule has 0 spiro atoms. The van der Waals surface area contributed by atoms with Crippen LogP contribution in [0.25, 0.3) is 0 Å². The summed E-state index contributed by atoms with van der Waals surface area (Å²) in [6.45, 7) is 6.72. The minimum atomic E-state index is -0.277. The Morgan fingerprint density at radius 3 is 3.05 bits per heavy atom. The van der Waals surface area contributed by atoms with E-state index in [1.807, 2.05) is 0 Å². The van der Waals surface area contributed by atoms with Gasteiger partial charge in [-0.1, -0.05) is 24.6 Å². The molecule has 0 unspecified atom stereocenters. The number of halogens is 2. The molecule has 1 atom stereocenters. The molecule has 2 rings (SSSR count). The normalized spacial score (nSPS) is 20.1. The summed E-state index contributed by atoms with van der Waals surface area (Å²) in [5.41, 5.74) is 0.998. The molecule has 4 heteroatoms. The van der Waals surface area contributed by atoms with Crippen molar-refractivity contribution in [2.45, 2.75) is 26.3 Å². The van der Waals surface area contributed by atoms with Gasteiger partial charge in [0.15, 0.2) is 0 Å². The largest absolute Gasteiger partial charge is 0.381 e. The summed E-state index contributed by atoms with van der Waals surface area (Å²) in [6, 6.07) is 4.63. The SMILES string of the molecule is CCCOC[C@@H]1CCN(Cc2ccc(F)cc2Cl)C1. The monoisotopic (exact) mass is 285 g/mol. The second-order valence-electron chi connectivity index (χ2n) is 5.20. The van der Waals surface area contributed by atoms with Crippen LogP contribution in [0.4, 0.5) is 4.39 Å². The third-order valence-electron chi connectivity index (χ3n) is 3.48. The molecule has 1 heterocycles. The second kappa shape index (κ2) is 7.22. The van der Waals surface area contributed by atoms with Crippen LogP contribution < -0.4 is 0 Å².